The van der Waals surface area contributed by atoms with Crippen LogP contribution >= 0.6 is 11.6 Å². The van der Waals surface area contributed by atoms with Gasteiger partial charge in [-0.2, -0.15) is 0 Å². The molecule has 5 saturated carbocycles. The van der Waals surface area contributed by atoms with Crippen molar-refractivity contribution in [3.8, 4) is 0 Å². The molecule has 7 heteroatoms. The van der Waals surface area contributed by atoms with E-state index in [1.54, 1.807) is 0 Å². The molecule has 0 aromatic carbocycles. The van der Waals surface area contributed by atoms with Gasteiger partial charge in [-0.1, -0.05) is 19.3 Å². The van der Waals surface area contributed by atoms with E-state index in [2.05, 4.69) is 10.6 Å². The van der Waals surface area contributed by atoms with Gasteiger partial charge in [-0.15, -0.1) is 11.6 Å². The molecule has 28 heavy (non-hydrogen) atoms. The molecule has 0 saturated heterocycles. The molecule has 156 valence electrons. The first-order valence-electron chi connectivity index (χ1n) is 10.8. The Kier molecular flexibility index (Phi) is 5.36. The number of esters is 1. The third-order valence-corrected chi connectivity index (χ3v) is 7.70. The molecule has 4 bridgehead atoms. The number of rotatable bonds is 4. The highest BCUT2D eigenvalue weighted by Crippen LogP contribution is 2.64. The Bertz CT molecular complexity index is 647. The number of nitrogens with one attached hydrogen (secondary N) is 2. The van der Waals surface area contributed by atoms with Crippen molar-refractivity contribution >= 4 is 29.5 Å². The maximum Gasteiger partial charge on any atom is 0.321 e. The predicted octanol–water partition coefficient (Wildman–Crippen LogP) is 3.65. The summed E-state index contributed by atoms with van der Waals surface area (Å²) in [5.74, 6) is 0.0716. The Morgan fingerprint density at radius 1 is 1.04 bits per heavy atom. The summed E-state index contributed by atoms with van der Waals surface area (Å²) in [4.78, 5) is 37.1. The standard InChI is InChI=1S/C21H31ClN2O4/c1-13(17(25)24-19(27)23-16-5-3-2-4-6-16)28-18(26)20-8-14-7-15(9-20)11-21(22,10-14)12-20/h13-16H,2-12H2,1H3,(H2,23,24,25,27)/t13-,14-,15+,20?,21?/m0/s1. The first-order chi connectivity index (χ1) is 13.3. The molecule has 3 amide bonds. The Morgan fingerprint density at radius 3 is 2.29 bits per heavy atom. The summed E-state index contributed by atoms with van der Waals surface area (Å²) < 4.78 is 5.54. The molecule has 6 nitrogen and oxygen atoms in total. The van der Waals surface area contributed by atoms with Crippen molar-refractivity contribution in [1.29, 1.82) is 0 Å². The van der Waals surface area contributed by atoms with Gasteiger partial charge in [0.2, 0.25) is 0 Å². The molecule has 0 aromatic rings. The zero-order valence-corrected chi connectivity index (χ0v) is 17.4. The number of alkyl halides is 1. The first kappa shape index (κ1) is 20.0. The van der Waals surface area contributed by atoms with Crippen LogP contribution in [0.15, 0.2) is 0 Å². The SMILES string of the molecule is C[C@H](OC(=O)C12C[C@@H]3C[C@@H](CC(Cl)(C3)C1)C2)C(=O)NC(=O)NC1CCCCC1. The smallest absolute Gasteiger partial charge is 0.321 e. The van der Waals surface area contributed by atoms with Crippen molar-refractivity contribution in [1.82, 2.24) is 10.6 Å². The second kappa shape index (κ2) is 7.51. The number of carbonyl (C=O) groups is 3. The summed E-state index contributed by atoms with van der Waals surface area (Å²) in [6.45, 7) is 1.53. The lowest BCUT2D eigenvalue weighted by atomic mass is 9.49. The van der Waals surface area contributed by atoms with Crippen LogP contribution in [0.25, 0.3) is 0 Å². The van der Waals surface area contributed by atoms with Crippen LogP contribution in [0.4, 0.5) is 4.79 Å². The fourth-order valence-corrected chi connectivity index (χ4v) is 7.10. The van der Waals surface area contributed by atoms with E-state index < -0.39 is 23.5 Å². The van der Waals surface area contributed by atoms with Crippen LogP contribution in [-0.2, 0) is 14.3 Å². The summed E-state index contributed by atoms with van der Waals surface area (Å²) >= 11 is 6.79. The van der Waals surface area contributed by atoms with Gasteiger partial charge in [-0.25, -0.2) is 4.79 Å². The second-order valence-electron chi connectivity index (χ2n) is 9.74. The Balaban J connectivity index is 1.30. The molecule has 0 radical (unpaired) electrons. The van der Waals surface area contributed by atoms with Gasteiger partial charge in [0.25, 0.3) is 5.91 Å². The molecular formula is C21H31ClN2O4. The molecule has 0 aromatic heterocycles. The summed E-state index contributed by atoms with van der Waals surface area (Å²) in [7, 11) is 0. The Labute approximate surface area is 171 Å². The summed E-state index contributed by atoms with van der Waals surface area (Å²) in [6.07, 6.45) is 9.66. The molecule has 0 heterocycles. The average molecular weight is 411 g/mol. The quantitative estimate of drug-likeness (QED) is 0.547. The fraction of sp³-hybridized carbons (Fsp3) is 0.857. The van der Waals surface area contributed by atoms with Gasteiger partial charge in [-0.3, -0.25) is 14.9 Å². The number of ether oxygens (including phenoxy) is 1. The van der Waals surface area contributed by atoms with Crippen LogP contribution in [-0.4, -0.2) is 34.9 Å². The third-order valence-electron chi connectivity index (χ3n) is 7.25. The molecule has 0 aliphatic heterocycles. The highest BCUT2D eigenvalue weighted by atomic mass is 35.5. The molecule has 0 spiro atoms. The lowest BCUT2D eigenvalue weighted by Crippen LogP contribution is -2.57. The van der Waals surface area contributed by atoms with E-state index in [1.807, 2.05) is 0 Å². The topological polar surface area (TPSA) is 84.5 Å². The van der Waals surface area contributed by atoms with E-state index in [9.17, 15) is 14.4 Å². The van der Waals surface area contributed by atoms with Crippen molar-refractivity contribution in [2.45, 2.75) is 94.6 Å². The molecule has 5 aliphatic carbocycles. The van der Waals surface area contributed by atoms with E-state index >= 15 is 0 Å². The van der Waals surface area contributed by atoms with Crippen molar-refractivity contribution in [3.05, 3.63) is 0 Å². The van der Waals surface area contributed by atoms with Crippen LogP contribution in [0.3, 0.4) is 0 Å². The summed E-state index contributed by atoms with van der Waals surface area (Å²) in [5, 5.41) is 5.16. The predicted molar refractivity (Wildman–Crippen MR) is 105 cm³/mol. The van der Waals surface area contributed by atoms with Crippen LogP contribution in [0.2, 0.25) is 0 Å². The lowest BCUT2D eigenvalue weighted by molar-refractivity contribution is -0.177. The van der Waals surface area contributed by atoms with E-state index in [-0.39, 0.29) is 16.9 Å². The zero-order valence-electron chi connectivity index (χ0n) is 16.6. The van der Waals surface area contributed by atoms with Crippen LogP contribution < -0.4 is 10.6 Å². The molecule has 5 aliphatic rings. The van der Waals surface area contributed by atoms with E-state index in [0.717, 1.165) is 57.8 Å². The normalized spacial score (nSPS) is 37.9. The molecular weight excluding hydrogens is 380 g/mol. The third kappa shape index (κ3) is 4.03. The highest BCUT2D eigenvalue weighted by molar-refractivity contribution is 6.24. The minimum absolute atomic E-state index is 0.117. The number of imide groups is 1. The number of hydrogen-bond donors (Lipinski definition) is 2. The molecule has 2 unspecified atom stereocenters. The highest BCUT2D eigenvalue weighted by Gasteiger charge is 2.61. The van der Waals surface area contributed by atoms with Crippen LogP contribution in [0.5, 0.6) is 0 Å². The summed E-state index contributed by atoms with van der Waals surface area (Å²) in [5.41, 5.74) is -0.551. The summed E-state index contributed by atoms with van der Waals surface area (Å²) in [6, 6.07) is -0.388. The van der Waals surface area contributed by atoms with Gasteiger partial charge < -0.3 is 10.1 Å². The van der Waals surface area contributed by atoms with Gasteiger partial charge >= 0.3 is 12.0 Å². The first-order valence-corrected chi connectivity index (χ1v) is 11.2. The van der Waals surface area contributed by atoms with E-state index in [1.165, 1.54) is 13.3 Å². The largest absolute Gasteiger partial charge is 0.452 e. The van der Waals surface area contributed by atoms with Gasteiger partial charge in [-0.05, 0) is 70.1 Å². The minimum Gasteiger partial charge on any atom is -0.452 e. The van der Waals surface area contributed by atoms with Gasteiger partial charge in [0.15, 0.2) is 6.10 Å². The number of hydrogen-bond acceptors (Lipinski definition) is 4. The maximum atomic E-state index is 13.0. The molecule has 5 fully saturated rings. The Hall–Kier alpha value is -1.30. The van der Waals surface area contributed by atoms with E-state index in [4.69, 9.17) is 16.3 Å². The van der Waals surface area contributed by atoms with Crippen molar-refractivity contribution in [2.24, 2.45) is 17.3 Å². The van der Waals surface area contributed by atoms with Crippen molar-refractivity contribution < 1.29 is 19.1 Å². The van der Waals surface area contributed by atoms with Crippen LogP contribution in [0.1, 0.15) is 77.6 Å². The number of amides is 3. The molecule has 2 N–H and O–H groups in total. The average Bonchev–Trinajstić information content (AvgIpc) is 2.60. The monoisotopic (exact) mass is 410 g/mol. The number of carbonyl (C=O) groups excluding carboxylic acids is 3. The van der Waals surface area contributed by atoms with Gasteiger partial charge in [0.05, 0.1) is 5.41 Å². The van der Waals surface area contributed by atoms with E-state index in [0.29, 0.717) is 18.3 Å². The molecule has 5 rings (SSSR count). The van der Waals surface area contributed by atoms with Crippen LogP contribution in [0, 0.1) is 17.3 Å². The fourth-order valence-electron chi connectivity index (χ4n) is 6.41. The Morgan fingerprint density at radius 2 is 1.68 bits per heavy atom. The zero-order chi connectivity index (χ0) is 19.9. The lowest BCUT2D eigenvalue weighted by Gasteiger charge is -2.58. The minimum atomic E-state index is -0.996. The maximum absolute atomic E-state index is 13.0. The van der Waals surface area contributed by atoms with Crippen molar-refractivity contribution in [3.63, 3.8) is 0 Å². The second-order valence-corrected chi connectivity index (χ2v) is 10.5. The van der Waals surface area contributed by atoms with Gasteiger partial charge in [0.1, 0.15) is 0 Å². The van der Waals surface area contributed by atoms with Gasteiger partial charge in [0, 0.05) is 10.9 Å². The van der Waals surface area contributed by atoms with Crippen molar-refractivity contribution in [2.75, 3.05) is 0 Å². The number of urea groups is 1. The number of halogens is 1. The molecule has 5 atom stereocenters.